The van der Waals surface area contributed by atoms with E-state index in [0.29, 0.717) is 0 Å². The third kappa shape index (κ3) is 8.28. The van der Waals surface area contributed by atoms with E-state index in [4.69, 9.17) is 0 Å². The Morgan fingerprint density at radius 2 is 0.352 bits per heavy atom. The number of aromatic nitrogens is 4. The average Bonchev–Trinajstić information content (AvgIpc) is 1.72. The molecule has 8 heterocycles. The van der Waals surface area contributed by atoms with Crippen LogP contribution in [0.5, 0.6) is 0 Å². The minimum atomic E-state index is -3.40. The van der Waals surface area contributed by atoms with Gasteiger partial charge in [0.25, 0.3) is 0 Å². The van der Waals surface area contributed by atoms with Crippen LogP contribution in [-0.4, -0.2) is 84.4 Å². The molecule has 0 amide bonds. The van der Waals surface area contributed by atoms with E-state index >= 15 is 0 Å². The van der Waals surface area contributed by atoms with Crippen LogP contribution >= 0.6 is 0 Å². The molecule has 0 bridgehead atoms. The van der Waals surface area contributed by atoms with Crippen molar-refractivity contribution in [2.75, 3.05) is 0 Å². The summed E-state index contributed by atoms with van der Waals surface area (Å²) in [5.74, 6) is 0. The summed E-state index contributed by atoms with van der Waals surface area (Å²) in [6.45, 7) is 0. The van der Waals surface area contributed by atoms with E-state index in [1.807, 2.05) is 0 Å². The number of nitrogens with zero attached hydrogens (tertiary/aromatic N) is 4. The fourth-order valence-corrected chi connectivity index (χ4v) is 32.7. The van der Waals surface area contributed by atoms with Crippen LogP contribution < -0.4 is 20.7 Å². The number of rotatable bonds is 8. The molecule has 9 heteroatoms. The molecule has 24 aromatic rings. The van der Waals surface area contributed by atoms with Crippen molar-refractivity contribution in [3.63, 3.8) is 0 Å². The van der Waals surface area contributed by atoms with Crippen molar-refractivity contribution < 1.29 is 0 Å². The summed E-state index contributed by atoms with van der Waals surface area (Å²) in [7, 11) is -3.40. The van der Waals surface area contributed by atoms with Gasteiger partial charge in [0.1, 0.15) is 0 Å². The number of fused-ring (bicyclic) bond motifs is 28. The van der Waals surface area contributed by atoms with E-state index in [1.165, 1.54) is 185 Å². The van der Waals surface area contributed by atoms with Crippen molar-refractivity contribution in [1.82, 2.24) is 18.3 Å². The Balaban J connectivity index is 0.761. The molecule has 24 rings (SSSR count). The van der Waals surface area contributed by atoms with Gasteiger partial charge in [-0.05, 0) is 0 Å². The van der Waals surface area contributed by atoms with Gasteiger partial charge in [-0.1, -0.05) is 0 Å². The van der Waals surface area contributed by atoms with Crippen molar-refractivity contribution in [1.29, 1.82) is 0 Å². The Bertz CT molecular complexity index is 6900. The summed E-state index contributed by atoms with van der Waals surface area (Å²) in [5.41, 5.74) is 14.4. The zero-order chi connectivity index (χ0) is 68.3. The number of hydrogen-bond donors (Lipinski definition) is 0. The van der Waals surface area contributed by atoms with E-state index in [2.05, 4.69) is 358 Å². The molecule has 0 radical (unpaired) electrons. The summed E-state index contributed by atoms with van der Waals surface area (Å²) in [4.78, 5) is 0. The SMILES string of the molecule is c1ccc2c(c1)[se]c1ccc3c(c4ccccc4n3-c3ccc([Si](c4ccc(-n5c6ccccc6c6c7c(ccc65)[se]c5ccccc57)cc4)(c4ccc(-n5c6ccccc6c6c7c(ccc65)[se]c5ccccc57)cc4)c4ccc(-n5c6ccccc6c6c7c(ccc65)[se]c5ccccc57)cc4)cc3)c12. The van der Waals surface area contributed by atoms with Gasteiger partial charge in [0.2, 0.25) is 0 Å². The molecule has 8 aromatic heterocycles. The van der Waals surface area contributed by atoms with Crippen LogP contribution in [0, 0.1) is 0 Å². The summed E-state index contributed by atoms with van der Waals surface area (Å²) in [6.07, 6.45) is 0. The second-order valence-electron chi connectivity index (χ2n) is 28.1. The third-order valence-electron chi connectivity index (χ3n) is 22.9. The predicted octanol–water partition coefficient (Wildman–Crippen LogP) is 20.9. The molecule has 0 aliphatic carbocycles. The molecule has 0 spiro atoms. The quantitative estimate of drug-likeness (QED) is 0.107. The Kier molecular flexibility index (Phi) is 12.7. The Labute approximate surface area is 626 Å². The molecule has 0 saturated carbocycles. The van der Waals surface area contributed by atoms with E-state index in [0.717, 1.165) is 22.7 Å². The maximum atomic E-state index is 2.53. The van der Waals surface area contributed by atoms with Crippen LogP contribution in [0.4, 0.5) is 0 Å². The molecule has 488 valence electrons. The van der Waals surface area contributed by atoms with Gasteiger partial charge in [-0.15, -0.1) is 0 Å². The molecule has 0 N–H and O–H groups in total. The summed E-state index contributed by atoms with van der Waals surface area (Å²) < 4.78 is 21.8. The third-order valence-corrected chi connectivity index (χ3v) is 37.3. The van der Waals surface area contributed by atoms with Crippen molar-refractivity contribution in [3.05, 3.63) is 340 Å². The molecule has 0 saturated heterocycles. The number of para-hydroxylation sites is 4. The van der Waals surface area contributed by atoms with E-state index in [9.17, 15) is 0 Å². The van der Waals surface area contributed by atoms with Crippen molar-refractivity contribution in [2.24, 2.45) is 0 Å². The molecular weight excluding hydrogens is 1550 g/mol. The van der Waals surface area contributed by atoms with Crippen LogP contribution in [0.2, 0.25) is 0 Å². The summed E-state index contributed by atoms with van der Waals surface area (Å²) in [6, 6.07) is 132. The van der Waals surface area contributed by atoms with Crippen LogP contribution in [0.3, 0.4) is 0 Å². The first-order chi connectivity index (χ1) is 52.1. The van der Waals surface area contributed by atoms with Gasteiger partial charge in [-0.25, -0.2) is 0 Å². The van der Waals surface area contributed by atoms with Crippen LogP contribution in [0.15, 0.2) is 340 Å². The fourth-order valence-electron chi connectivity index (χ4n) is 18.7. The van der Waals surface area contributed by atoms with Crippen LogP contribution in [0.1, 0.15) is 0 Å². The molecule has 0 aliphatic heterocycles. The zero-order valence-corrected chi connectivity index (χ0v) is 64.1. The topological polar surface area (TPSA) is 19.7 Å². The molecule has 0 atom stereocenters. The minimum absolute atomic E-state index is 0.248. The van der Waals surface area contributed by atoms with Gasteiger partial charge in [-0.2, -0.15) is 0 Å². The van der Waals surface area contributed by atoms with E-state index in [1.54, 1.807) is 0 Å². The molecule has 16 aromatic carbocycles. The molecule has 0 aliphatic rings. The summed E-state index contributed by atoms with van der Waals surface area (Å²) in [5, 5.41) is 26.9. The van der Waals surface area contributed by atoms with Gasteiger partial charge in [0, 0.05) is 0 Å². The van der Waals surface area contributed by atoms with Gasteiger partial charge in [0.15, 0.2) is 0 Å². The normalized spacial score (nSPS) is 12.6. The van der Waals surface area contributed by atoms with E-state index < -0.39 is 8.07 Å². The number of benzene rings is 16. The first-order valence-electron chi connectivity index (χ1n) is 35.9. The second kappa shape index (κ2) is 22.5. The Morgan fingerprint density at radius 1 is 0.152 bits per heavy atom. The van der Waals surface area contributed by atoms with E-state index in [-0.39, 0.29) is 58.0 Å². The molecule has 4 nitrogen and oxygen atoms in total. The molecule has 0 fully saturated rings. The summed E-state index contributed by atoms with van der Waals surface area (Å²) >= 11 is 0.994. The van der Waals surface area contributed by atoms with Gasteiger partial charge in [-0.3, -0.25) is 0 Å². The molecular formula is C96H56N4Se4Si. The van der Waals surface area contributed by atoms with Gasteiger partial charge < -0.3 is 0 Å². The zero-order valence-electron chi connectivity index (χ0n) is 56.3. The van der Waals surface area contributed by atoms with Crippen LogP contribution in [-0.2, 0) is 0 Å². The first-order valence-corrected chi connectivity index (χ1v) is 44.7. The molecule has 105 heavy (non-hydrogen) atoms. The average molecular weight is 1610 g/mol. The maximum absolute atomic E-state index is 3.40. The first kappa shape index (κ1) is 59.4. The van der Waals surface area contributed by atoms with Crippen molar-refractivity contribution >= 4 is 251 Å². The van der Waals surface area contributed by atoms with Crippen molar-refractivity contribution in [2.45, 2.75) is 0 Å². The van der Waals surface area contributed by atoms with Gasteiger partial charge in [0.05, 0.1) is 0 Å². The number of hydrogen-bond acceptors (Lipinski definition) is 0. The Morgan fingerprint density at radius 3 is 0.581 bits per heavy atom. The second-order valence-corrected chi connectivity index (χ2v) is 41.0. The molecule has 0 unspecified atom stereocenters. The predicted molar refractivity (Wildman–Crippen MR) is 455 cm³/mol. The van der Waals surface area contributed by atoms with Crippen molar-refractivity contribution in [3.8, 4) is 22.7 Å². The standard InChI is InChI=1S/C96H56N4Se4Si/c1-9-25-73-65(17-1)89-77(49-53-85-93(89)69-21-5-13-29-81(69)101-85)97(73)57-33-41-61(42-34-57)105(62-43-35-58(36-44-62)98-74-26-10-2-18-66(74)90-78(98)50-54-86-94(90)70-22-6-14-30-82(70)102-86,63-45-37-59(38-46-63)99-75-27-11-3-19-67(75)91-79(99)51-55-87-95(91)71-23-7-15-31-83(71)103-87)64-47-39-60(40-48-64)100-76-28-12-4-20-68(76)92-80(100)52-56-88-96(92)72-24-8-16-32-84(72)104-88/h1-56H. The Hall–Kier alpha value is -11.0. The fraction of sp³-hybridized carbons (Fsp3) is 0. The monoisotopic (exact) mass is 1610 g/mol. The van der Waals surface area contributed by atoms with Gasteiger partial charge >= 0.3 is 632 Å². The van der Waals surface area contributed by atoms with Crippen LogP contribution in [0.25, 0.3) is 187 Å².